The Bertz CT molecular complexity index is 1210. The van der Waals surface area contributed by atoms with Crippen LogP contribution in [0.2, 0.25) is 5.02 Å². The molecule has 1 amide bonds. The number of ether oxygens (including phenoxy) is 1. The molecule has 8 heteroatoms. The number of halogens is 1. The Kier molecular flexibility index (Phi) is 6.50. The van der Waals surface area contributed by atoms with Gasteiger partial charge in [0.1, 0.15) is 12.4 Å². The fourth-order valence-corrected chi connectivity index (χ4v) is 5.05. The Morgan fingerprint density at radius 3 is 2.44 bits per heavy atom. The maximum atomic E-state index is 13.5. The van der Waals surface area contributed by atoms with Gasteiger partial charge in [-0.2, -0.15) is 4.31 Å². The second kappa shape index (κ2) is 9.32. The van der Waals surface area contributed by atoms with Gasteiger partial charge in [-0.15, -0.1) is 0 Å². The zero-order chi connectivity index (χ0) is 22.7. The van der Waals surface area contributed by atoms with Crippen molar-refractivity contribution in [2.45, 2.75) is 18.4 Å². The van der Waals surface area contributed by atoms with Gasteiger partial charge in [-0.1, -0.05) is 53.6 Å². The fourth-order valence-electron chi connectivity index (χ4n) is 3.54. The molecule has 0 unspecified atom stereocenters. The molecule has 32 heavy (non-hydrogen) atoms. The molecule has 0 aromatic heterocycles. The summed E-state index contributed by atoms with van der Waals surface area (Å²) >= 11 is 5.98. The van der Waals surface area contributed by atoms with Gasteiger partial charge in [0.15, 0.2) is 0 Å². The molecule has 0 spiro atoms. The Hall–Kier alpha value is -2.87. The number of hydrogen-bond donors (Lipinski definition) is 0. The number of hydrogen-bond acceptors (Lipinski definition) is 4. The van der Waals surface area contributed by atoms with Gasteiger partial charge in [0.25, 0.3) is 0 Å². The van der Waals surface area contributed by atoms with Crippen molar-refractivity contribution in [1.82, 2.24) is 4.31 Å². The number of aryl methyl sites for hydroxylation is 1. The van der Waals surface area contributed by atoms with Crippen molar-refractivity contribution < 1.29 is 17.9 Å². The summed E-state index contributed by atoms with van der Waals surface area (Å²) in [6.07, 6.45) is 0. The molecule has 0 radical (unpaired) electrons. The highest BCUT2D eigenvalue weighted by molar-refractivity contribution is 7.89. The largest absolute Gasteiger partial charge is 0.490 e. The molecular formula is C24H23ClN2O4S. The molecule has 0 N–H and O–H groups in total. The summed E-state index contributed by atoms with van der Waals surface area (Å²) in [7, 11) is -3.92. The SMILES string of the molecule is Cc1ccc(S(=O)(=O)N(CC(=O)N2CCOc3ccccc32)Cc2ccc(Cl)cc2)cc1. The highest BCUT2D eigenvalue weighted by atomic mass is 35.5. The quantitative estimate of drug-likeness (QED) is 0.539. The van der Waals surface area contributed by atoms with Crippen LogP contribution >= 0.6 is 11.6 Å². The van der Waals surface area contributed by atoms with Gasteiger partial charge in [-0.25, -0.2) is 8.42 Å². The zero-order valence-electron chi connectivity index (χ0n) is 17.6. The monoisotopic (exact) mass is 470 g/mol. The highest BCUT2D eigenvalue weighted by Gasteiger charge is 2.31. The maximum absolute atomic E-state index is 13.5. The van der Waals surface area contributed by atoms with E-state index in [1.54, 1.807) is 65.6 Å². The summed E-state index contributed by atoms with van der Waals surface area (Å²) in [5, 5.41) is 0.558. The zero-order valence-corrected chi connectivity index (χ0v) is 19.1. The van der Waals surface area contributed by atoms with E-state index in [0.29, 0.717) is 29.6 Å². The van der Waals surface area contributed by atoms with Gasteiger partial charge in [-0.05, 0) is 48.9 Å². The standard InChI is InChI=1S/C24H23ClN2O4S/c1-18-6-12-21(13-7-18)32(29,30)26(16-19-8-10-20(25)11-9-19)17-24(28)27-14-15-31-23-5-3-2-4-22(23)27/h2-13H,14-17H2,1H3. The average molecular weight is 471 g/mol. The Labute approximate surface area is 193 Å². The van der Waals surface area contributed by atoms with E-state index in [1.165, 1.54) is 4.31 Å². The highest BCUT2D eigenvalue weighted by Crippen LogP contribution is 2.31. The molecule has 1 heterocycles. The minimum absolute atomic E-state index is 0.0467. The van der Waals surface area contributed by atoms with Crippen LogP contribution in [0, 0.1) is 6.92 Å². The molecule has 1 aliphatic rings. The molecule has 166 valence electrons. The van der Waals surface area contributed by atoms with Crippen LogP contribution in [0.4, 0.5) is 5.69 Å². The van der Waals surface area contributed by atoms with E-state index in [-0.39, 0.29) is 23.9 Å². The van der Waals surface area contributed by atoms with Gasteiger partial charge < -0.3 is 9.64 Å². The number of rotatable bonds is 6. The van der Waals surface area contributed by atoms with Crippen LogP contribution in [0.3, 0.4) is 0 Å². The number of anilines is 1. The van der Waals surface area contributed by atoms with Gasteiger partial charge >= 0.3 is 0 Å². The molecule has 0 fully saturated rings. The van der Waals surface area contributed by atoms with E-state index in [9.17, 15) is 13.2 Å². The topological polar surface area (TPSA) is 66.9 Å². The van der Waals surface area contributed by atoms with Gasteiger partial charge in [0, 0.05) is 11.6 Å². The number of benzene rings is 3. The van der Waals surface area contributed by atoms with Crippen LogP contribution in [-0.4, -0.2) is 38.3 Å². The van der Waals surface area contributed by atoms with Crippen LogP contribution in [0.1, 0.15) is 11.1 Å². The number of para-hydroxylation sites is 2. The average Bonchev–Trinajstić information content (AvgIpc) is 2.80. The van der Waals surface area contributed by atoms with Crippen LogP contribution in [0.25, 0.3) is 0 Å². The normalized spacial score (nSPS) is 13.5. The molecule has 0 bridgehead atoms. The smallest absolute Gasteiger partial charge is 0.243 e. The molecule has 3 aromatic carbocycles. The minimum atomic E-state index is -3.92. The summed E-state index contributed by atoms with van der Waals surface area (Å²) in [5.41, 5.74) is 2.33. The Morgan fingerprint density at radius 1 is 1.03 bits per heavy atom. The van der Waals surface area contributed by atoms with E-state index in [0.717, 1.165) is 11.1 Å². The van der Waals surface area contributed by atoms with Crippen molar-refractivity contribution in [2.24, 2.45) is 0 Å². The Morgan fingerprint density at radius 2 is 1.72 bits per heavy atom. The summed E-state index contributed by atoms with van der Waals surface area (Å²) in [4.78, 5) is 15.0. The molecular weight excluding hydrogens is 448 g/mol. The van der Waals surface area contributed by atoms with E-state index in [2.05, 4.69) is 0 Å². The number of sulfonamides is 1. The predicted molar refractivity (Wildman–Crippen MR) is 125 cm³/mol. The molecule has 0 saturated carbocycles. The van der Waals surface area contributed by atoms with E-state index in [4.69, 9.17) is 16.3 Å². The lowest BCUT2D eigenvalue weighted by atomic mass is 10.2. The molecule has 0 saturated heterocycles. The fraction of sp³-hybridized carbons (Fsp3) is 0.208. The molecule has 6 nitrogen and oxygen atoms in total. The van der Waals surface area contributed by atoms with Crippen molar-refractivity contribution in [2.75, 3.05) is 24.6 Å². The van der Waals surface area contributed by atoms with Crippen LogP contribution < -0.4 is 9.64 Å². The third kappa shape index (κ3) is 4.80. The number of fused-ring (bicyclic) bond motifs is 1. The minimum Gasteiger partial charge on any atom is -0.490 e. The summed E-state index contributed by atoms with van der Waals surface area (Å²) in [5.74, 6) is 0.295. The van der Waals surface area contributed by atoms with E-state index >= 15 is 0 Å². The molecule has 0 atom stereocenters. The molecule has 1 aliphatic heterocycles. The lowest BCUT2D eigenvalue weighted by molar-refractivity contribution is -0.119. The van der Waals surface area contributed by atoms with Crippen LogP contribution in [0.5, 0.6) is 5.75 Å². The van der Waals surface area contributed by atoms with E-state index < -0.39 is 10.0 Å². The van der Waals surface area contributed by atoms with Crippen molar-refractivity contribution in [3.8, 4) is 5.75 Å². The number of carbonyl (C=O) groups is 1. The second-order valence-corrected chi connectivity index (χ2v) is 9.95. The summed E-state index contributed by atoms with van der Waals surface area (Å²) < 4.78 is 33.8. The van der Waals surface area contributed by atoms with Crippen LogP contribution in [-0.2, 0) is 21.4 Å². The lowest BCUT2D eigenvalue weighted by Crippen LogP contribution is -2.45. The van der Waals surface area contributed by atoms with Crippen molar-refractivity contribution in [1.29, 1.82) is 0 Å². The first-order valence-electron chi connectivity index (χ1n) is 10.2. The maximum Gasteiger partial charge on any atom is 0.243 e. The van der Waals surface area contributed by atoms with Crippen LogP contribution in [0.15, 0.2) is 77.7 Å². The van der Waals surface area contributed by atoms with E-state index in [1.807, 2.05) is 19.1 Å². The third-order valence-corrected chi connectivity index (χ3v) is 7.33. The third-order valence-electron chi connectivity index (χ3n) is 5.27. The molecule has 0 aliphatic carbocycles. The summed E-state index contributed by atoms with van der Waals surface area (Å²) in [6.45, 7) is 2.35. The Balaban J connectivity index is 1.65. The predicted octanol–water partition coefficient (Wildman–Crippen LogP) is 4.26. The first-order valence-corrected chi connectivity index (χ1v) is 12.0. The van der Waals surface area contributed by atoms with Crippen molar-refractivity contribution in [3.63, 3.8) is 0 Å². The second-order valence-electron chi connectivity index (χ2n) is 7.57. The van der Waals surface area contributed by atoms with Gasteiger partial charge in [-0.3, -0.25) is 4.79 Å². The van der Waals surface area contributed by atoms with Gasteiger partial charge in [0.05, 0.1) is 23.7 Å². The first kappa shape index (κ1) is 22.3. The number of amides is 1. The van der Waals surface area contributed by atoms with Crippen molar-refractivity contribution >= 4 is 33.2 Å². The van der Waals surface area contributed by atoms with Gasteiger partial charge in [0.2, 0.25) is 15.9 Å². The lowest BCUT2D eigenvalue weighted by Gasteiger charge is -2.31. The molecule has 4 rings (SSSR count). The number of nitrogens with zero attached hydrogens (tertiary/aromatic N) is 2. The molecule has 3 aromatic rings. The number of carbonyl (C=O) groups excluding carboxylic acids is 1. The summed E-state index contributed by atoms with van der Waals surface area (Å²) in [6, 6.07) is 20.8. The van der Waals surface area contributed by atoms with Crippen molar-refractivity contribution in [3.05, 3.63) is 88.9 Å². The first-order chi connectivity index (χ1) is 15.3.